The van der Waals surface area contributed by atoms with Gasteiger partial charge >= 0.3 is 0 Å². The topological polar surface area (TPSA) is 17.2 Å². The Balaban J connectivity index is 3.15. The summed E-state index contributed by atoms with van der Waals surface area (Å²) in [5.41, 5.74) is 0.765. The summed E-state index contributed by atoms with van der Waals surface area (Å²) in [5, 5.41) is 0.404. The monoisotopic (exact) mass is 244 g/mol. The van der Waals surface area contributed by atoms with E-state index >= 15 is 0 Å². The highest BCUT2D eigenvalue weighted by Crippen LogP contribution is 2.26. The van der Waals surface area contributed by atoms with E-state index in [0.29, 0.717) is 5.15 Å². The van der Waals surface area contributed by atoms with Crippen LogP contribution in [0.2, 0.25) is 5.15 Å². The Morgan fingerprint density at radius 1 is 1.75 bits per heavy atom. The van der Waals surface area contributed by atoms with Crippen molar-refractivity contribution < 1.29 is 0 Å². The number of rotatable bonds is 1. The lowest BCUT2D eigenvalue weighted by Crippen LogP contribution is -1.90. The molecule has 0 aliphatic rings. The van der Waals surface area contributed by atoms with E-state index in [-0.39, 0.29) is 6.04 Å². The standard InChI is InChI=1S/C8H6BrClN2/c1-5(11-2)7-3-6(9)4-12-8(7)10/h3-5H,1H3. The summed E-state index contributed by atoms with van der Waals surface area (Å²) in [6, 6.07) is 1.58. The van der Waals surface area contributed by atoms with Crippen molar-refractivity contribution in [2.75, 3.05) is 0 Å². The number of hydrogen-bond acceptors (Lipinski definition) is 1. The molecule has 1 aromatic heterocycles. The number of pyridine rings is 1. The van der Waals surface area contributed by atoms with Crippen LogP contribution in [0.15, 0.2) is 16.7 Å². The molecule has 0 aliphatic heterocycles. The van der Waals surface area contributed by atoms with Gasteiger partial charge in [0, 0.05) is 17.6 Å². The van der Waals surface area contributed by atoms with Crippen molar-refractivity contribution in [1.82, 2.24) is 4.98 Å². The Labute approximate surface area is 84.5 Å². The Hall–Kier alpha value is -0.590. The van der Waals surface area contributed by atoms with E-state index in [9.17, 15) is 0 Å². The molecule has 1 heterocycles. The minimum Gasteiger partial charge on any atom is -0.309 e. The Morgan fingerprint density at radius 2 is 2.42 bits per heavy atom. The fourth-order valence-corrected chi connectivity index (χ4v) is 1.41. The SMILES string of the molecule is [C-]#[N+]C(C)c1cc(Br)cnc1Cl. The first-order chi connectivity index (χ1) is 5.65. The maximum atomic E-state index is 6.84. The van der Waals surface area contributed by atoms with Crippen LogP contribution in [0.5, 0.6) is 0 Å². The highest BCUT2D eigenvalue weighted by Gasteiger charge is 2.13. The zero-order valence-electron chi connectivity index (χ0n) is 6.38. The smallest absolute Gasteiger partial charge is 0.249 e. The molecule has 0 amide bonds. The van der Waals surface area contributed by atoms with Crippen molar-refractivity contribution in [1.29, 1.82) is 0 Å². The molecular formula is C8H6BrClN2. The summed E-state index contributed by atoms with van der Waals surface area (Å²) in [6.45, 7) is 8.63. The van der Waals surface area contributed by atoms with Gasteiger partial charge in [-0.05, 0) is 22.0 Å². The van der Waals surface area contributed by atoms with Crippen molar-refractivity contribution in [2.24, 2.45) is 0 Å². The van der Waals surface area contributed by atoms with Gasteiger partial charge in [-0.15, -0.1) is 0 Å². The number of hydrogen-bond donors (Lipinski definition) is 0. The molecule has 0 aliphatic carbocycles. The van der Waals surface area contributed by atoms with Crippen molar-refractivity contribution in [3.8, 4) is 0 Å². The summed E-state index contributed by atoms with van der Waals surface area (Å²) < 4.78 is 0.845. The summed E-state index contributed by atoms with van der Waals surface area (Å²) in [4.78, 5) is 7.29. The fraction of sp³-hybridized carbons (Fsp3) is 0.250. The second kappa shape index (κ2) is 3.88. The number of aromatic nitrogens is 1. The minimum absolute atomic E-state index is 0.234. The molecule has 0 bridgehead atoms. The molecule has 0 spiro atoms. The summed E-state index contributed by atoms with van der Waals surface area (Å²) in [5.74, 6) is 0. The molecule has 4 heteroatoms. The highest BCUT2D eigenvalue weighted by molar-refractivity contribution is 9.10. The van der Waals surface area contributed by atoms with Crippen LogP contribution in [0.1, 0.15) is 18.5 Å². The van der Waals surface area contributed by atoms with Crippen molar-refractivity contribution in [3.63, 3.8) is 0 Å². The second-order valence-corrected chi connectivity index (χ2v) is 3.61. The Morgan fingerprint density at radius 3 is 3.00 bits per heavy atom. The van der Waals surface area contributed by atoms with Gasteiger partial charge in [-0.2, -0.15) is 0 Å². The second-order valence-electron chi connectivity index (χ2n) is 2.34. The Bertz CT molecular complexity index is 332. The van der Waals surface area contributed by atoms with E-state index in [2.05, 4.69) is 25.8 Å². The van der Waals surface area contributed by atoms with Crippen LogP contribution >= 0.6 is 27.5 Å². The molecule has 12 heavy (non-hydrogen) atoms. The average Bonchev–Trinajstić information content (AvgIpc) is 2.08. The summed E-state index contributed by atoms with van der Waals surface area (Å²) >= 11 is 9.06. The number of halogens is 2. The largest absolute Gasteiger partial charge is 0.309 e. The van der Waals surface area contributed by atoms with E-state index in [1.807, 2.05) is 6.07 Å². The molecule has 2 nitrogen and oxygen atoms in total. The lowest BCUT2D eigenvalue weighted by atomic mass is 10.1. The summed E-state index contributed by atoms with van der Waals surface area (Å²) in [7, 11) is 0. The Kier molecular flexibility index (Phi) is 3.07. The first kappa shape index (κ1) is 9.50. The van der Waals surface area contributed by atoms with Crippen molar-refractivity contribution >= 4 is 27.5 Å². The molecule has 62 valence electrons. The third kappa shape index (κ3) is 1.96. The molecule has 0 aromatic carbocycles. The highest BCUT2D eigenvalue weighted by atomic mass is 79.9. The first-order valence-corrected chi connectivity index (χ1v) is 4.49. The average molecular weight is 246 g/mol. The van der Waals surface area contributed by atoms with E-state index < -0.39 is 0 Å². The number of nitrogens with zero attached hydrogens (tertiary/aromatic N) is 2. The van der Waals surface area contributed by atoms with Gasteiger partial charge < -0.3 is 4.85 Å². The molecule has 1 unspecified atom stereocenters. The van der Waals surface area contributed by atoms with Gasteiger partial charge in [0.05, 0.1) is 5.56 Å². The molecular weight excluding hydrogens is 239 g/mol. The quantitative estimate of drug-likeness (QED) is 0.547. The van der Waals surface area contributed by atoms with Gasteiger partial charge in [0.15, 0.2) is 0 Å². The van der Waals surface area contributed by atoms with E-state index in [1.165, 1.54) is 0 Å². The normalized spacial score (nSPS) is 12.2. The minimum atomic E-state index is -0.234. The molecule has 1 atom stereocenters. The van der Waals surface area contributed by atoms with E-state index in [0.717, 1.165) is 10.0 Å². The van der Waals surface area contributed by atoms with Crippen molar-refractivity contribution in [2.45, 2.75) is 13.0 Å². The lowest BCUT2D eigenvalue weighted by molar-refractivity contribution is 0.945. The molecule has 1 aromatic rings. The molecule has 0 radical (unpaired) electrons. The van der Waals surface area contributed by atoms with E-state index in [1.54, 1.807) is 13.1 Å². The molecule has 0 saturated heterocycles. The first-order valence-electron chi connectivity index (χ1n) is 3.32. The zero-order valence-corrected chi connectivity index (χ0v) is 8.72. The van der Waals surface area contributed by atoms with Crippen LogP contribution in [0, 0.1) is 6.57 Å². The van der Waals surface area contributed by atoms with Crippen LogP contribution in [-0.4, -0.2) is 4.98 Å². The van der Waals surface area contributed by atoms with Gasteiger partial charge in [-0.25, -0.2) is 11.6 Å². The molecule has 0 saturated carbocycles. The van der Waals surface area contributed by atoms with E-state index in [4.69, 9.17) is 18.2 Å². The molecule has 1 rings (SSSR count). The van der Waals surface area contributed by atoms with Crippen LogP contribution in [0.4, 0.5) is 0 Å². The van der Waals surface area contributed by atoms with Gasteiger partial charge in [0.2, 0.25) is 6.04 Å². The van der Waals surface area contributed by atoms with Gasteiger partial charge in [-0.1, -0.05) is 11.6 Å². The predicted octanol–water partition coefficient (Wildman–Crippen LogP) is 3.48. The van der Waals surface area contributed by atoms with Crippen LogP contribution < -0.4 is 0 Å². The predicted molar refractivity (Wildman–Crippen MR) is 52.0 cm³/mol. The molecule has 0 fully saturated rings. The fourth-order valence-electron chi connectivity index (χ4n) is 0.801. The molecule has 0 N–H and O–H groups in total. The van der Waals surface area contributed by atoms with Crippen molar-refractivity contribution in [3.05, 3.63) is 38.9 Å². The maximum absolute atomic E-state index is 6.84. The van der Waals surface area contributed by atoms with Gasteiger partial charge in [0.25, 0.3) is 0 Å². The zero-order chi connectivity index (χ0) is 9.14. The lowest BCUT2D eigenvalue weighted by Gasteiger charge is -2.01. The van der Waals surface area contributed by atoms with Gasteiger partial charge in [-0.3, -0.25) is 0 Å². The van der Waals surface area contributed by atoms with Crippen LogP contribution in [-0.2, 0) is 0 Å². The van der Waals surface area contributed by atoms with Gasteiger partial charge in [0.1, 0.15) is 5.15 Å². The third-order valence-corrected chi connectivity index (χ3v) is 2.23. The maximum Gasteiger partial charge on any atom is 0.249 e. The van der Waals surface area contributed by atoms with Crippen LogP contribution in [0.3, 0.4) is 0 Å². The third-order valence-electron chi connectivity index (χ3n) is 1.48. The summed E-state index contributed by atoms with van der Waals surface area (Å²) in [6.07, 6.45) is 1.61. The van der Waals surface area contributed by atoms with Crippen LogP contribution in [0.25, 0.3) is 4.85 Å².